The predicted molar refractivity (Wildman–Crippen MR) is 247 cm³/mol. The Morgan fingerprint density at radius 3 is 2.47 bits per heavy atom. The van der Waals surface area contributed by atoms with Crippen molar-refractivity contribution in [3.8, 4) is 34.6 Å². The van der Waals surface area contributed by atoms with E-state index in [0.717, 1.165) is 32.4 Å². The molecule has 4 saturated heterocycles. The summed E-state index contributed by atoms with van der Waals surface area (Å²) in [5.41, 5.74) is 4.40. The van der Waals surface area contributed by atoms with Gasteiger partial charge in [-0.15, -0.1) is 5.54 Å². The molecule has 1 amide bonds. The molecule has 0 spiro atoms. The van der Waals surface area contributed by atoms with Crippen LogP contribution >= 0.6 is 0 Å². The Bertz CT molecular complexity index is 2600. The molecule has 10 nitrogen and oxygen atoms in total. The molecule has 0 radical (unpaired) electrons. The fraction of sp³-hybridized carbons (Fsp3) is 0.560. The number of hydrogen-bond acceptors (Lipinski definition) is 9. The van der Waals surface area contributed by atoms with Crippen LogP contribution in [0.2, 0.25) is 16.6 Å². The molecular weight excluding hydrogens is 834 g/mol. The molecule has 2 bridgehead atoms. The fourth-order valence-electron chi connectivity index (χ4n) is 12.2. The van der Waals surface area contributed by atoms with E-state index in [-0.39, 0.29) is 58.8 Å². The zero-order valence-corrected chi connectivity index (χ0v) is 39.8. The maximum atomic E-state index is 18.0. The van der Waals surface area contributed by atoms with Crippen LogP contribution in [-0.4, -0.2) is 101 Å². The van der Waals surface area contributed by atoms with E-state index in [1.165, 1.54) is 6.07 Å². The number of carbonyl (C=O) groups excluding carboxylic acids is 1. The van der Waals surface area contributed by atoms with Gasteiger partial charge in [-0.25, -0.2) is 22.9 Å². The van der Waals surface area contributed by atoms with Crippen molar-refractivity contribution in [2.75, 3.05) is 31.1 Å². The van der Waals surface area contributed by atoms with Gasteiger partial charge >= 0.3 is 12.1 Å². The van der Waals surface area contributed by atoms with Gasteiger partial charge in [-0.05, 0) is 100.0 Å². The number of hydrogen-bond donors (Lipinski definition) is 0. The number of halogens is 3. The summed E-state index contributed by atoms with van der Waals surface area (Å²) in [6.07, 6.45) is 3.43. The molecule has 340 valence electrons. The number of benzene rings is 2. The first kappa shape index (κ1) is 44.3. The molecule has 2 aromatic heterocycles. The minimum absolute atomic E-state index is 0.0565. The van der Waals surface area contributed by atoms with Gasteiger partial charge in [0.2, 0.25) is 5.88 Å². The number of aromatic nitrogens is 3. The first-order valence-corrected chi connectivity index (χ1v) is 25.4. The maximum absolute atomic E-state index is 18.0. The second kappa shape index (κ2) is 16.2. The van der Waals surface area contributed by atoms with E-state index in [4.69, 9.17) is 29.2 Å². The van der Waals surface area contributed by atoms with Crippen LogP contribution in [0.1, 0.15) is 107 Å². The van der Waals surface area contributed by atoms with Crippen LogP contribution in [-0.2, 0) is 4.74 Å². The zero-order valence-electron chi connectivity index (χ0n) is 38.8. The van der Waals surface area contributed by atoms with Gasteiger partial charge in [0.15, 0.2) is 5.82 Å². The molecule has 9 rings (SSSR count). The lowest BCUT2D eigenvalue weighted by molar-refractivity contribution is 0.000934. The van der Waals surface area contributed by atoms with Crippen molar-refractivity contribution in [3.05, 3.63) is 59.4 Å². The lowest BCUT2D eigenvalue weighted by Gasteiger charge is -2.48. The van der Waals surface area contributed by atoms with Crippen molar-refractivity contribution in [1.82, 2.24) is 24.8 Å². The summed E-state index contributed by atoms with van der Waals surface area (Å²) in [5.74, 6) is 2.64. The van der Waals surface area contributed by atoms with E-state index in [0.29, 0.717) is 70.1 Å². The molecule has 5 aliphatic heterocycles. The molecule has 7 heterocycles. The van der Waals surface area contributed by atoms with Gasteiger partial charge in [0.1, 0.15) is 54.6 Å². The summed E-state index contributed by atoms with van der Waals surface area (Å²) in [6, 6.07) is 7.56. The predicted octanol–water partition coefficient (Wildman–Crippen LogP) is 10.9. The van der Waals surface area contributed by atoms with Crippen molar-refractivity contribution in [2.24, 2.45) is 0 Å². The lowest BCUT2D eigenvalue weighted by atomic mass is 9.90. The molecule has 64 heavy (non-hydrogen) atoms. The standard InChI is InChI=1S/C50H61F3N6O4Si/c1-28(2)64(29(3)4,30(5)6)24-20-35-37(52)17-15-32-13-11-14-36(39(32)35)42-41(53)43-40-45(56-47(55-43)61-27-50-21-12-22-57(50)23-19-33(50)25-51)58-26-34-16-18-38(44(58)31(7)62-46(40)54-42)59(34)48(60)63-49(8,9)10/h11,13-15,17,25,28-31,34,38,44H,12,16,18-19,21-23,26-27H2,1-10H3/t31-,34+,38-,44+,50?/m0/s1. The molecule has 5 atom stereocenters. The smallest absolute Gasteiger partial charge is 0.410 e. The molecule has 4 aromatic rings. The van der Waals surface area contributed by atoms with Gasteiger partial charge in [-0.1, -0.05) is 71.7 Å². The second-order valence-electron chi connectivity index (χ2n) is 20.6. The van der Waals surface area contributed by atoms with Crippen LogP contribution in [0.25, 0.3) is 32.9 Å². The number of fused-ring (bicyclic) bond motifs is 7. The minimum Gasteiger partial charge on any atom is -0.472 e. The monoisotopic (exact) mass is 894 g/mol. The maximum Gasteiger partial charge on any atom is 0.410 e. The normalized spacial score (nSPS) is 25.0. The molecule has 2 aromatic carbocycles. The number of nitrogens with zero attached hydrogens (tertiary/aromatic N) is 6. The van der Waals surface area contributed by atoms with Crippen molar-refractivity contribution in [1.29, 1.82) is 0 Å². The molecule has 0 aliphatic carbocycles. The number of amides is 1. The third-order valence-corrected chi connectivity index (χ3v) is 21.3. The Hall–Kier alpha value is -4.87. The molecule has 0 saturated carbocycles. The summed E-state index contributed by atoms with van der Waals surface area (Å²) in [7, 11) is -2.31. The summed E-state index contributed by atoms with van der Waals surface area (Å²) in [6.45, 7) is 22.8. The van der Waals surface area contributed by atoms with Crippen LogP contribution in [0.4, 0.5) is 23.8 Å². The van der Waals surface area contributed by atoms with Gasteiger partial charge in [0.05, 0.1) is 35.6 Å². The van der Waals surface area contributed by atoms with Crippen LogP contribution in [0.15, 0.2) is 42.2 Å². The largest absolute Gasteiger partial charge is 0.472 e. The van der Waals surface area contributed by atoms with E-state index < -0.39 is 43.0 Å². The topological polar surface area (TPSA) is 93.2 Å². The van der Waals surface area contributed by atoms with E-state index in [1.54, 1.807) is 18.2 Å². The van der Waals surface area contributed by atoms with Gasteiger partial charge < -0.3 is 19.1 Å². The van der Waals surface area contributed by atoms with Gasteiger partial charge in [0.25, 0.3) is 0 Å². The second-order valence-corrected chi connectivity index (χ2v) is 26.1. The first-order valence-electron chi connectivity index (χ1n) is 23.2. The molecule has 5 aliphatic rings. The Labute approximate surface area is 375 Å². The Kier molecular flexibility index (Phi) is 11.2. The molecule has 1 unspecified atom stereocenters. The SMILES string of the molecule is CC(C)[Si](C#Cc1c(F)ccc2cccc(-c3nc4c5c(nc(OCC67CCCN6CCC7=CF)nc5c3F)N3C[C@H]5CC[C@@H]([C@H]3[C@H](C)O4)N5C(=O)OC(C)(C)C)c12)(C(C)C)C(C)C. The van der Waals surface area contributed by atoms with Crippen LogP contribution < -0.4 is 14.4 Å². The minimum atomic E-state index is -2.31. The Balaban J connectivity index is 1.24. The van der Waals surface area contributed by atoms with E-state index in [1.807, 2.05) is 38.7 Å². The summed E-state index contributed by atoms with van der Waals surface area (Å²) in [4.78, 5) is 34.9. The van der Waals surface area contributed by atoms with E-state index in [2.05, 4.69) is 62.8 Å². The number of carbonyl (C=O) groups is 1. The molecule has 14 heteroatoms. The highest BCUT2D eigenvalue weighted by Crippen LogP contribution is 2.49. The van der Waals surface area contributed by atoms with Gasteiger partial charge in [-0.3, -0.25) is 9.80 Å². The van der Waals surface area contributed by atoms with Gasteiger partial charge in [-0.2, -0.15) is 9.97 Å². The fourth-order valence-corrected chi connectivity index (χ4v) is 17.5. The number of ether oxygens (including phenoxy) is 3. The molecule has 0 N–H and O–H groups in total. The van der Waals surface area contributed by atoms with Crippen LogP contribution in [0, 0.1) is 23.1 Å². The van der Waals surface area contributed by atoms with Gasteiger partial charge in [0, 0.05) is 24.0 Å². The lowest BCUT2D eigenvalue weighted by Crippen LogP contribution is -2.65. The first-order chi connectivity index (χ1) is 30.4. The Morgan fingerprint density at radius 2 is 1.77 bits per heavy atom. The Morgan fingerprint density at radius 1 is 1.02 bits per heavy atom. The van der Waals surface area contributed by atoms with Crippen molar-refractivity contribution in [3.63, 3.8) is 0 Å². The number of anilines is 1. The number of piperazine rings is 1. The average Bonchev–Trinajstić information content (AvgIpc) is 3.88. The summed E-state index contributed by atoms with van der Waals surface area (Å²) >= 11 is 0. The van der Waals surface area contributed by atoms with Crippen molar-refractivity contribution in [2.45, 2.75) is 153 Å². The molecular formula is C50H61F3N6O4Si. The van der Waals surface area contributed by atoms with E-state index in [9.17, 15) is 9.18 Å². The third kappa shape index (κ3) is 7.02. The molecule has 4 fully saturated rings. The van der Waals surface area contributed by atoms with Crippen LogP contribution in [0.5, 0.6) is 11.9 Å². The van der Waals surface area contributed by atoms with Crippen molar-refractivity contribution >= 4 is 41.7 Å². The average molecular weight is 895 g/mol. The highest BCUT2D eigenvalue weighted by Gasteiger charge is 2.54. The van der Waals surface area contributed by atoms with E-state index >= 15 is 8.78 Å². The third-order valence-electron chi connectivity index (χ3n) is 15.0. The number of pyridine rings is 1. The summed E-state index contributed by atoms with van der Waals surface area (Å²) < 4.78 is 68.1. The highest BCUT2D eigenvalue weighted by molar-refractivity contribution is 6.90. The highest BCUT2D eigenvalue weighted by atomic mass is 28.3. The quantitative estimate of drug-likeness (QED) is 0.133. The number of rotatable bonds is 7. The van der Waals surface area contributed by atoms with Crippen molar-refractivity contribution < 1.29 is 32.2 Å². The zero-order chi connectivity index (χ0) is 45.6. The van der Waals surface area contributed by atoms with Crippen LogP contribution in [0.3, 0.4) is 0 Å². The summed E-state index contributed by atoms with van der Waals surface area (Å²) in [5, 5.41) is 1.42.